The lowest BCUT2D eigenvalue weighted by molar-refractivity contribution is -0.199. The van der Waals surface area contributed by atoms with Crippen molar-refractivity contribution in [3.63, 3.8) is 0 Å². The number of hydrogen-bond acceptors (Lipinski definition) is 7. The molecule has 4 aliphatic rings. The van der Waals surface area contributed by atoms with Crippen LogP contribution in [-0.2, 0) is 27.8 Å². The van der Waals surface area contributed by atoms with Crippen LogP contribution in [0.3, 0.4) is 0 Å². The highest BCUT2D eigenvalue weighted by Crippen LogP contribution is 2.73. The van der Waals surface area contributed by atoms with Crippen LogP contribution in [0, 0.1) is 12.3 Å². The number of carbonyl (C=O) groups is 1. The molecule has 6 rings (SSSR count). The average molecular weight is 340 g/mol. The minimum atomic E-state index is -0.284. The molecular formula is C18H20N4O3. The SMILES string of the molecule is COC(=O)C12CC(c3noc(C4CCc5ncnc(C)c5C4)n3)(C1)C2. The topological polar surface area (TPSA) is 91.0 Å². The minimum absolute atomic E-state index is 0.0679. The molecule has 1 unspecified atom stereocenters. The lowest BCUT2D eigenvalue weighted by Crippen LogP contribution is -2.68. The first kappa shape index (κ1) is 15.0. The van der Waals surface area contributed by atoms with Gasteiger partial charge in [0.25, 0.3) is 0 Å². The fraction of sp³-hybridized carbons (Fsp3) is 0.611. The van der Waals surface area contributed by atoms with Crippen molar-refractivity contribution in [2.75, 3.05) is 7.11 Å². The van der Waals surface area contributed by atoms with Crippen LogP contribution in [0.4, 0.5) is 0 Å². The van der Waals surface area contributed by atoms with E-state index >= 15 is 0 Å². The summed E-state index contributed by atoms with van der Waals surface area (Å²) in [6, 6.07) is 0. The van der Waals surface area contributed by atoms with Crippen LogP contribution in [0.15, 0.2) is 10.9 Å². The molecule has 2 bridgehead atoms. The van der Waals surface area contributed by atoms with Crippen LogP contribution in [0.25, 0.3) is 0 Å². The van der Waals surface area contributed by atoms with E-state index in [4.69, 9.17) is 14.2 Å². The van der Waals surface area contributed by atoms with Gasteiger partial charge in [-0.05, 0) is 51.0 Å². The summed E-state index contributed by atoms with van der Waals surface area (Å²) in [5.41, 5.74) is 3.04. The fourth-order valence-electron chi connectivity index (χ4n) is 4.98. The standard InChI is InChI=1S/C18H20N4O3/c1-10-12-5-11(3-4-13(12)20-9-19-10)14-21-15(22-25-14)17-6-18(7-17,8-17)16(23)24-2/h9,11H,3-8H2,1-2H3. The van der Waals surface area contributed by atoms with Gasteiger partial charge in [0.05, 0.1) is 12.5 Å². The van der Waals surface area contributed by atoms with Gasteiger partial charge in [0.2, 0.25) is 5.89 Å². The molecule has 3 fully saturated rings. The van der Waals surface area contributed by atoms with E-state index in [-0.39, 0.29) is 22.7 Å². The summed E-state index contributed by atoms with van der Waals surface area (Å²) in [7, 11) is 1.45. The predicted molar refractivity (Wildman–Crippen MR) is 85.8 cm³/mol. The van der Waals surface area contributed by atoms with Gasteiger partial charge in [0.1, 0.15) is 6.33 Å². The van der Waals surface area contributed by atoms with E-state index in [0.717, 1.165) is 55.7 Å². The third-order valence-electron chi connectivity index (χ3n) is 6.34. The summed E-state index contributed by atoms with van der Waals surface area (Å²) in [5, 5.41) is 4.25. The number of nitrogens with zero attached hydrogens (tertiary/aromatic N) is 4. The van der Waals surface area contributed by atoms with Crippen molar-refractivity contribution in [3.05, 3.63) is 35.0 Å². The van der Waals surface area contributed by atoms with Gasteiger partial charge in [-0.15, -0.1) is 0 Å². The second-order valence-corrected chi connectivity index (χ2v) is 7.86. The van der Waals surface area contributed by atoms with E-state index in [9.17, 15) is 4.79 Å². The molecule has 2 heterocycles. The highest BCUT2D eigenvalue weighted by molar-refractivity contribution is 5.82. The average Bonchev–Trinajstić information content (AvgIpc) is 3.02. The van der Waals surface area contributed by atoms with E-state index in [0.29, 0.717) is 5.89 Å². The molecule has 0 saturated heterocycles. The molecule has 3 saturated carbocycles. The van der Waals surface area contributed by atoms with Gasteiger partial charge in [-0.2, -0.15) is 4.98 Å². The van der Waals surface area contributed by atoms with Crippen LogP contribution >= 0.6 is 0 Å². The molecule has 4 aliphatic carbocycles. The summed E-state index contributed by atoms with van der Waals surface area (Å²) in [5.74, 6) is 1.60. The summed E-state index contributed by atoms with van der Waals surface area (Å²) in [6.45, 7) is 2.02. The fourth-order valence-corrected chi connectivity index (χ4v) is 4.98. The number of rotatable bonds is 3. The molecule has 2 aromatic heterocycles. The lowest BCUT2D eigenvalue weighted by Gasteiger charge is -2.66. The molecule has 130 valence electrons. The quantitative estimate of drug-likeness (QED) is 0.790. The van der Waals surface area contributed by atoms with Crippen molar-refractivity contribution < 1.29 is 14.1 Å². The lowest BCUT2D eigenvalue weighted by atomic mass is 9.35. The number of hydrogen-bond donors (Lipinski definition) is 0. The van der Waals surface area contributed by atoms with Gasteiger partial charge >= 0.3 is 5.97 Å². The highest BCUT2D eigenvalue weighted by Gasteiger charge is 2.74. The van der Waals surface area contributed by atoms with E-state index in [2.05, 4.69) is 15.1 Å². The van der Waals surface area contributed by atoms with Crippen LogP contribution in [-0.4, -0.2) is 33.2 Å². The van der Waals surface area contributed by atoms with E-state index in [1.807, 2.05) is 6.92 Å². The summed E-state index contributed by atoms with van der Waals surface area (Å²) in [4.78, 5) is 25.2. The number of aromatic nitrogens is 4. The Morgan fingerprint density at radius 1 is 1.32 bits per heavy atom. The third-order valence-corrected chi connectivity index (χ3v) is 6.34. The Morgan fingerprint density at radius 3 is 2.88 bits per heavy atom. The second kappa shape index (κ2) is 4.86. The van der Waals surface area contributed by atoms with E-state index < -0.39 is 0 Å². The Balaban J connectivity index is 1.34. The zero-order valence-electron chi connectivity index (χ0n) is 14.4. The molecule has 0 spiro atoms. The molecule has 0 N–H and O–H groups in total. The van der Waals surface area contributed by atoms with Gasteiger partial charge in [-0.3, -0.25) is 4.79 Å². The second-order valence-electron chi connectivity index (χ2n) is 7.86. The monoisotopic (exact) mass is 340 g/mol. The smallest absolute Gasteiger partial charge is 0.311 e. The molecule has 1 atom stereocenters. The summed E-state index contributed by atoms with van der Waals surface area (Å²) in [6.07, 6.45) is 6.72. The van der Waals surface area contributed by atoms with E-state index in [1.165, 1.54) is 12.7 Å². The Morgan fingerprint density at radius 2 is 2.12 bits per heavy atom. The number of fused-ring (bicyclic) bond motifs is 1. The highest BCUT2D eigenvalue weighted by atomic mass is 16.5. The summed E-state index contributed by atoms with van der Waals surface area (Å²) < 4.78 is 10.5. The first-order valence-corrected chi connectivity index (χ1v) is 8.77. The normalized spacial score (nSPS) is 32.3. The van der Waals surface area contributed by atoms with Crippen molar-refractivity contribution in [1.82, 2.24) is 20.1 Å². The Kier molecular flexibility index (Phi) is 2.92. The molecule has 2 aromatic rings. The van der Waals surface area contributed by atoms with Gasteiger partial charge in [-0.25, -0.2) is 9.97 Å². The zero-order chi connectivity index (χ0) is 17.2. The van der Waals surface area contributed by atoms with Crippen molar-refractivity contribution >= 4 is 5.97 Å². The Labute approximate surface area is 145 Å². The van der Waals surface area contributed by atoms with Crippen molar-refractivity contribution in [1.29, 1.82) is 0 Å². The molecule has 0 aromatic carbocycles. The maximum Gasteiger partial charge on any atom is 0.311 e. The van der Waals surface area contributed by atoms with Crippen LogP contribution in [0.5, 0.6) is 0 Å². The minimum Gasteiger partial charge on any atom is -0.469 e. The number of ether oxygens (including phenoxy) is 1. The number of aryl methyl sites for hydroxylation is 2. The largest absolute Gasteiger partial charge is 0.469 e. The summed E-state index contributed by atoms with van der Waals surface area (Å²) >= 11 is 0. The molecule has 25 heavy (non-hydrogen) atoms. The van der Waals surface area contributed by atoms with Gasteiger partial charge in [-0.1, -0.05) is 5.16 Å². The van der Waals surface area contributed by atoms with Crippen molar-refractivity contribution in [2.45, 2.75) is 56.8 Å². The number of esters is 1. The molecular weight excluding hydrogens is 320 g/mol. The van der Waals surface area contributed by atoms with Crippen molar-refractivity contribution in [2.24, 2.45) is 5.41 Å². The first-order valence-electron chi connectivity index (χ1n) is 8.77. The maximum atomic E-state index is 11.8. The maximum absolute atomic E-state index is 11.8. The van der Waals surface area contributed by atoms with Gasteiger partial charge < -0.3 is 9.26 Å². The van der Waals surface area contributed by atoms with Gasteiger partial charge in [0.15, 0.2) is 5.82 Å². The molecule has 0 radical (unpaired) electrons. The van der Waals surface area contributed by atoms with Gasteiger partial charge in [0, 0.05) is 22.7 Å². The Bertz CT molecular complexity index is 855. The van der Waals surface area contributed by atoms with Crippen molar-refractivity contribution in [3.8, 4) is 0 Å². The zero-order valence-corrected chi connectivity index (χ0v) is 14.4. The molecule has 0 aliphatic heterocycles. The number of methoxy groups -OCH3 is 1. The van der Waals surface area contributed by atoms with E-state index in [1.54, 1.807) is 6.33 Å². The van der Waals surface area contributed by atoms with Crippen LogP contribution in [0.2, 0.25) is 0 Å². The van der Waals surface area contributed by atoms with Crippen LogP contribution < -0.4 is 0 Å². The molecule has 7 heteroatoms. The predicted octanol–water partition coefficient (Wildman–Crippen LogP) is 2.04. The van der Waals surface area contributed by atoms with Crippen LogP contribution in [0.1, 0.15) is 60.3 Å². The first-order chi connectivity index (χ1) is 12.1. The molecule has 0 amide bonds. The molecule has 7 nitrogen and oxygen atoms in total. The number of carbonyl (C=O) groups excluding carboxylic acids is 1. The third kappa shape index (κ3) is 1.95. The Hall–Kier alpha value is -2.31.